The van der Waals surface area contributed by atoms with Gasteiger partial charge in [0.2, 0.25) is 0 Å². The maximum absolute atomic E-state index is 5.84. The molecule has 2 fully saturated rings. The molecule has 2 aliphatic heterocycles. The van der Waals surface area contributed by atoms with Crippen LogP contribution < -0.4 is 0 Å². The molecular weight excluding hydrogens is 140 g/mol. The van der Waals surface area contributed by atoms with Gasteiger partial charge in [0.05, 0.1) is 12.7 Å². The van der Waals surface area contributed by atoms with Crippen LogP contribution in [-0.2, 0) is 9.47 Å². The van der Waals surface area contributed by atoms with E-state index in [9.17, 15) is 0 Å². The lowest BCUT2D eigenvalue weighted by Gasteiger charge is -2.22. The van der Waals surface area contributed by atoms with Gasteiger partial charge in [-0.3, -0.25) is 0 Å². The molecule has 2 rings (SSSR count). The minimum Gasteiger partial charge on any atom is -0.350 e. The SMILES string of the molecule is CC[C@H]1CCC2(CCCO2)O1. The summed E-state index contributed by atoms with van der Waals surface area (Å²) in [6, 6.07) is 0. The fraction of sp³-hybridized carbons (Fsp3) is 1.00. The summed E-state index contributed by atoms with van der Waals surface area (Å²) in [7, 11) is 0. The molecule has 0 amide bonds. The Hall–Kier alpha value is -0.0800. The largest absolute Gasteiger partial charge is 0.350 e. The lowest BCUT2D eigenvalue weighted by molar-refractivity contribution is -0.198. The first kappa shape index (κ1) is 7.56. The van der Waals surface area contributed by atoms with Crippen LogP contribution in [0.4, 0.5) is 0 Å². The molecule has 2 atom stereocenters. The summed E-state index contributed by atoms with van der Waals surface area (Å²) in [6.07, 6.45) is 6.20. The summed E-state index contributed by atoms with van der Waals surface area (Å²) in [4.78, 5) is 0. The summed E-state index contributed by atoms with van der Waals surface area (Å²) in [5.74, 6) is -0.138. The van der Waals surface area contributed by atoms with E-state index in [0.717, 1.165) is 25.9 Å². The fourth-order valence-electron chi connectivity index (χ4n) is 2.05. The highest BCUT2D eigenvalue weighted by atomic mass is 16.7. The van der Waals surface area contributed by atoms with Crippen molar-refractivity contribution in [2.75, 3.05) is 6.61 Å². The average Bonchev–Trinajstić information content (AvgIpc) is 2.62. The van der Waals surface area contributed by atoms with Crippen LogP contribution in [0.1, 0.15) is 39.0 Å². The predicted molar refractivity (Wildman–Crippen MR) is 42.3 cm³/mol. The molecule has 2 saturated heterocycles. The zero-order valence-electron chi connectivity index (χ0n) is 7.14. The van der Waals surface area contributed by atoms with Gasteiger partial charge in [-0.05, 0) is 19.3 Å². The minimum absolute atomic E-state index is 0.138. The van der Waals surface area contributed by atoms with E-state index in [4.69, 9.17) is 9.47 Å². The van der Waals surface area contributed by atoms with Gasteiger partial charge in [0.15, 0.2) is 5.79 Å². The lowest BCUT2D eigenvalue weighted by Crippen LogP contribution is -2.27. The van der Waals surface area contributed by atoms with E-state index in [-0.39, 0.29) is 5.79 Å². The van der Waals surface area contributed by atoms with Crippen molar-refractivity contribution in [2.45, 2.75) is 50.9 Å². The summed E-state index contributed by atoms with van der Waals surface area (Å²) < 4.78 is 11.4. The van der Waals surface area contributed by atoms with Crippen molar-refractivity contribution < 1.29 is 9.47 Å². The van der Waals surface area contributed by atoms with Gasteiger partial charge in [0, 0.05) is 12.8 Å². The molecule has 0 N–H and O–H groups in total. The van der Waals surface area contributed by atoms with Crippen molar-refractivity contribution in [1.29, 1.82) is 0 Å². The molecule has 0 aromatic heterocycles. The van der Waals surface area contributed by atoms with Gasteiger partial charge < -0.3 is 9.47 Å². The lowest BCUT2D eigenvalue weighted by atomic mass is 10.1. The first-order valence-corrected chi connectivity index (χ1v) is 4.66. The Kier molecular flexibility index (Phi) is 1.90. The minimum atomic E-state index is -0.138. The van der Waals surface area contributed by atoms with Crippen molar-refractivity contribution >= 4 is 0 Å². The molecule has 0 saturated carbocycles. The van der Waals surface area contributed by atoms with Crippen LogP contribution in [0.25, 0.3) is 0 Å². The van der Waals surface area contributed by atoms with E-state index in [1.807, 2.05) is 0 Å². The Bertz CT molecular complexity index is 138. The third-order valence-corrected chi connectivity index (χ3v) is 2.75. The molecule has 0 aromatic carbocycles. The maximum Gasteiger partial charge on any atom is 0.168 e. The topological polar surface area (TPSA) is 18.5 Å². The summed E-state index contributed by atoms with van der Waals surface area (Å²) in [5.41, 5.74) is 0. The molecule has 2 heterocycles. The van der Waals surface area contributed by atoms with Crippen molar-refractivity contribution in [1.82, 2.24) is 0 Å². The van der Waals surface area contributed by atoms with Crippen molar-refractivity contribution in [3.8, 4) is 0 Å². The summed E-state index contributed by atoms with van der Waals surface area (Å²) in [6.45, 7) is 3.08. The highest BCUT2D eigenvalue weighted by molar-refractivity contribution is 4.83. The van der Waals surface area contributed by atoms with E-state index in [2.05, 4.69) is 6.92 Å². The van der Waals surface area contributed by atoms with E-state index in [1.54, 1.807) is 0 Å². The molecule has 2 aliphatic rings. The third-order valence-electron chi connectivity index (χ3n) is 2.75. The van der Waals surface area contributed by atoms with Gasteiger partial charge in [-0.2, -0.15) is 0 Å². The van der Waals surface area contributed by atoms with Crippen molar-refractivity contribution in [2.24, 2.45) is 0 Å². The molecule has 1 spiro atoms. The van der Waals surface area contributed by atoms with Crippen LogP contribution in [0.3, 0.4) is 0 Å². The second-order valence-electron chi connectivity index (χ2n) is 3.55. The van der Waals surface area contributed by atoms with E-state index in [1.165, 1.54) is 12.8 Å². The van der Waals surface area contributed by atoms with Crippen LogP contribution in [0.15, 0.2) is 0 Å². The molecular formula is C9H16O2. The summed E-state index contributed by atoms with van der Waals surface area (Å²) in [5, 5.41) is 0. The Morgan fingerprint density at radius 1 is 1.45 bits per heavy atom. The normalized spacial score (nSPS) is 43.9. The van der Waals surface area contributed by atoms with Gasteiger partial charge in [0.1, 0.15) is 0 Å². The second kappa shape index (κ2) is 2.76. The molecule has 0 bridgehead atoms. The van der Waals surface area contributed by atoms with Crippen LogP contribution in [-0.4, -0.2) is 18.5 Å². The highest BCUT2D eigenvalue weighted by Crippen LogP contribution is 2.39. The van der Waals surface area contributed by atoms with Gasteiger partial charge in [-0.15, -0.1) is 0 Å². The summed E-state index contributed by atoms with van der Waals surface area (Å²) >= 11 is 0. The quantitative estimate of drug-likeness (QED) is 0.578. The predicted octanol–water partition coefficient (Wildman–Crippen LogP) is 2.08. The van der Waals surface area contributed by atoms with E-state index in [0.29, 0.717) is 6.10 Å². The first-order valence-electron chi connectivity index (χ1n) is 4.66. The highest BCUT2D eigenvalue weighted by Gasteiger charge is 2.42. The molecule has 11 heavy (non-hydrogen) atoms. The Balaban J connectivity index is 1.96. The molecule has 1 unspecified atom stereocenters. The maximum atomic E-state index is 5.84. The Morgan fingerprint density at radius 3 is 2.91 bits per heavy atom. The monoisotopic (exact) mass is 156 g/mol. The molecule has 0 aliphatic carbocycles. The van der Waals surface area contributed by atoms with Crippen molar-refractivity contribution in [3.63, 3.8) is 0 Å². The molecule has 2 nitrogen and oxygen atoms in total. The average molecular weight is 156 g/mol. The smallest absolute Gasteiger partial charge is 0.168 e. The van der Waals surface area contributed by atoms with Crippen LogP contribution in [0.5, 0.6) is 0 Å². The van der Waals surface area contributed by atoms with Crippen LogP contribution >= 0.6 is 0 Å². The third kappa shape index (κ3) is 1.30. The first-order chi connectivity index (χ1) is 5.35. The number of hydrogen-bond donors (Lipinski definition) is 0. The second-order valence-corrected chi connectivity index (χ2v) is 3.55. The van der Waals surface area contributed by atoms with Gasteiger partial charge in [-0.25, -0.2) is 0 Å². The number of hydrogen-bond acceptors (Lipinski definition) is 2. The fourth-order valence-corrected chi connectivity index (χ4v) is 2.05. The zero-order chi connectivity index (χ0) is 7.73. The van der Waals surface area contributed by atoms with Crippen LogP contribution in [0, 0.1) is 0 Å². The van der Waals surface area contributed by atoms with Crippen molar-refractivity contribution in [3.05, 3.63) is 0 Å². The van der Waals surface area contributed by atoms with Gasteiger partial charge >= 0.3 is 0 Å². The Morgan fingerprint density at radius 2 is 2.36 bits per heavy atom. The molecule has 64 valence electrons. The number of ether oxygens (including phenoxy) is 2. The standard InChI is InChI=1S/C9H16O2/c1-2-8-4-6-9(11-8)5-3-7-10-9/h8H,2-7H2,1H3/t8-,9?/m0/s1. The molecule has 2 heteroatoms. The Labute approximate surface area is 67.9 Å². The zero-order valence-corrected chi connectivity index (χ0v) is 7.14. The van der Waals surface area contributed by atoms with E-state index >= 15 is 0 Å². The van der Waals surface area contributed by atoms with Gasteiger partial charge in [-0.1, -0.05) is 6.92 Å². The van der Waals surface area contributed by atoms with Crippen LogP contribution in [0.2, 0.25) is 0 Å². The number of rotatable bonds is 1. The molecule has 0 aromatic rings. The van der Waals surface area contributed by atoms with Gasteiger partial charge in [0.25, 0.3) is 0 Å². The molecule has 0 radical (unpaired) electrons. The van der Waals surface area contributed by atoms with E-state index < -0.39 is 0 Å².